The number of halogens is 2. The predicted molar refractivity (Wildman–Crippen MR) is 117 cm³/mol. The van der Waals surface area contributed by atoms with Gasteiger partial charge in [-0.15, -0.1) is 11.3 Å². The van der Waals surface area contributed by atoms with Crippen molar-refractivity contribution in [3.8, 4) is 0 Å². The summed E-state index contributed by atoms with van der Waals surface area (Å²) in [6.07, 6.45) is 8.33. The fourth-order valence-electron chi connectivity index (χ4n) is 2.81. The van der Waals surface area contributed by atoms with Crippen LogP contribution in [0.4, 0.5) is 0 Å². The summed E-state index contributed by atoms with van der Waals surface area (Å²) in [5.74, 6) is 0. The van der Waals surface area contributed by atoms with Crippen LogP contribution in [-0.4, -0.2) is 14.6 Å². The lowest BCUT2D eigenvalue weighted by Gasteiger charge is -2.21. The van der Waals surface area contributed by atoms with E-state index >= 15 is 0 Å². The minimum Gasteiger partial charge on any atom is -0.472 e. The maximum Gasteiger partial charge on any atom is 0.202 e. The van der Waals surface area contributed by atoms with Gasteiger partial charge in [-0.3, -0.25) is 0 Å². The van der Waals surface area contributed by atoms with E-state index in [1.165, 1.54) is 5.56 Å². The number of thiophene rings is 1. The SMILES string of the molecule is CCCCc1ccsc1C(=S)OC(Cn1ccnc1)c1ccc(Cl)cc1Cl. The van der Waals surface area contributed by atoms with Crippen LogP contribution in [-0.2, 0) is 17.7 Å². The predicted octanol–water partition coefficient (Wildman–Crippen LogP) is 6.73. The molecule has 0 saturated carbocycles. The summed E-state index contributed by atoms with van der Waals surface area (Å²) in [5, 5.41) is 3.73. The molecule has 3 aromatic rings. The van der Waals surface area contributed by atoms with Crippen LogP contribution in [0.1, 0.15) is 41.9 Å². The number of ether oxygens (including phenoxy) is 1. The first kappa shape index (κ1) is 20.3. The molecule has 2 heterocycles. The van der Waals surface area contributed by atoms with E-state index in [1.54, 1.807) is 29.9 Å². The van der Waals surface area contributed by atoms with Crippen molar-refractivity contribution in [1.82, 2.24) is 9.55 Å². The van der Waals surface area contributed by atoms with Crippen molar-refractivity contribution in [3.63, 3.8) is 0 Å². The summed E-state index contributed by atoms with van der Waals surface area (Å²) in [4.78, 5) is 5.13. The van der Waals surface area contributed by atoms with E-state index in [9.17, 15) is 0 Å². The van der Waals surface area contributed by atoms with E-state index in [0.717, 1.165) is 29.7 Å². The topological polar surface area (TPSA) is 27.1 Å². The molecule has 1 aromatic carbocycles. The number of aromatic nitrogens is 2. The Kier molecular flexibility index (Phi) is 7.30. The Morgan fingerprint density at radius 1 is 1.33 bits per heavy atom. The Bertz CT molecular complexity index is 893. The van der Waals surface area contributed by atoms with Gasteiger partial charge in [-0.2, -0.15) is 0 Å². The normalized spacial score (nSPS) is 12.1. The summed E-state index contributed by atoms with van der Waals surface area (Å²) in [5.41, 5.74) is 2.10. The molecule has 2 aromatic heterocycles. The number of nitrogens with zero attached hydrogens (tertiary/aromatic N) is 2. The summed E-state index contributed by atoms with van der Waals surface area (Å²) in [6.45, 7) is 2.74. The van der Waals surface area contributed by atoms with Crippen LogP contribution in [0.3, 0.4) is 0 Å². The molecule has 0 bridgehead atoms. The molecule has 0 saturated heterocycles. The smallest absolute Gasteiger partial charge is 0.202 e. The highest BCUT2D eigenvalue weighted by Gasteiger charge is 2.21. The van der Waals surface area contributed by atoms with Crippen molar-refractivity contribution in [2.75, 3.05) is 0 Å². The Hall–Kier alpha value is -1.40. The quantitative estimate of drug-likeness (QED) is 0.364. The number of thiocarbonyl (C=S) groups is 1. The van der Waals surface area contributed by atoms with E-state index in [0.29, 0.717) is 21.6 Å². The molecule has 0 amide bonds. The summed E-state index contributed by atoms with van der Waals surface area (Å²) in [6, 6.07) is 7.56. The van der Waals surface area contributed by atoms with Gasteiger partial charge in [0.25, 0.3) is 0 Å². The van der Waals surface area contributed by atoms with Crippen LogP contribution in [0.2, 0.25) is 10.0 Å². The van der Waals surface area contributed by atoms with Crippen LogP contribution in [0.15, 0.2) is 48.4 Å². The van der Waals surface area contributed by atoms with Crippen molar-refractivity contribution in [1.29, 1.82) is 0 Å². The second-order valence-corrected chi connectivity index (χ2v) is 8.33. The number of hydrogen-bond donors (Lipinski definition) is 0. The monoisotopic (exact) mass is 438 g/mol. The highest BCUT2D eigenvalue weighted by atomic mass is 35.5. The molecule has 7 heteroatoms. The number of unbranched alkanes of at least 4 members (excludes halogenated alkanes) is 1. The van der Waals surface area contributed by atoms with E-state index in [4.69, 9.17) is 40.2 Å². The second kappa shape index (κ2) is 9.69. The molecular weight excluding hydrogens is 419 g/mol. The molecule has 0 aliphatic carbocycles. The van der Waals surface area contributed by atoms with Gasteiger partial charge < -0.3 is 9.30 Å². The van der Waals surface area contributed by atoms with Gasteiger partial charge in [0.15, 0.2) is 0 Å². The van der Waals surface area contributed by atoms with E-state index in [2.05, 4.69) is 23.4 Å². The standard InChI is InChI=1S/C20H20Cl2N2OS2/c1-2-3-4-14-7-10-27-19(14)20(26)25-18(12-24-9-8-23-13-24)16-6-5-15(21)11-17(16)22/h5-11,13,18H,2-4,12H2,1H3. The summed E-state index contributed by atoms with van der Waals surface area (Å²) < 4.78 is 8.21. The Morgan fingerprint density at radius 3 is 2.89 bits per heavy atom. The molecule has 1 atom stereocenters. The van der Waals surface area contributed by atoms with Crippen LogP contribution in [0, 0.1) is 0 Å². The van der Waals surface area contributed by atoms with E-state index in [1.807, 2.05) is 22.9 Å². The number of aryl methyl sites for hydroxylation is 1. The molecule has 0 radical (unpaired) electrons. The average Bonchev–Trinajstić information content (AvgIpc) is 3.31. The van der Waals surface area contributed by atoms with Gasteiger partial charge in [-0.1, -0.05) is 42.6 Å². The van der Waals surface area contributed by atoms with Crippen molar-refractivity contribution in [2.24, 2.45) is 0 Å². The minimum atomic E-state index is -0.336. The maximum atomic E-state index is 6.44. The van der Waals surface area contributed by atoms with Gasteiger partial charge in [-0.25, -0.2) is 4.98 Å². The van der Waals surface area contributed by atoms with Gasteiger partial charge in [0, 0.05) is 28.0 Å². The minimum absolute atomic E-state index is 0.336. The molecule has 27 heavy (non-hydrogen) atoms. The number of rotatable bonds is 8. The van der Waals surface area contributed by atoms with Gasteiger partial charge in [-0.05, 0) is 54.2 Å². The molecule has 0 aliphatic rings. The largest absolute Gasteiger partial charge is 0.472 e. The van der Waals surface area contributed by atoms with E-state index in [-0.39, 0.29) is 6.10 Å². The van der Waals surface area contributed by atoms with Crippen molar-refractivity contribution < 1.29 is 4.74 Å². The fourth-order valence-corrected chi connectivity index (χ4v) is 4.57. The molecule has 1 unspecified atom stereocenters. The third-order valence-electron chi connectivity index (χ3n) is 4.23. The van der Waals surface area contributed by atoms with Crippen LogP contribution in [0.25, 0.3) is 0 Å². The van der Waals surface area contributed by atoms with Crippen molar-refractivity contribution in [3.05, 3.63) is 74.4 Å². The van der Waals surface area contributed by atoms with Crippen LogP contribution < -0.4 is 0 Å². The molecular formula is C20H20Cl2N2OS2. The van der Waals surface area contributed by atoms with Gasteiger partial charge in [0.1, 0.15) is 6.10 Å². The Morgan fingerprint density at radius 2 is 2.19 bits per heavy atom. The zero-order chi connectivity index (χ0) is 19.2. The van der Waals surface area contributed by atoms with E-state index < -0.39 is 0 Å². The molecule has 0 spiro atoms. The average molecular weight is 439 g/mol. The maximum absolute atomic E-state index is 6.44. The first-order chi connectivity index (χ1) is 13.1. The molecule has 0 fully saturated rings. The fraction of sp³-hybridized carbons (Fsp3) is 0.300. The van der Waals surface area contributed by atoms with Crippen LogP contribution >= 0.6 is 46.8 Å². The van der Waals surface area contributed by atoms with Gasteiger partial charge in [0.2, 0.25) is 5.05 Å². The highest BCUT2D eigenvalue weighted by molar-refractivity contribution is 7.80. The lowest BCUT2D eigenvalue weighted by atomic mass is 10.1. The molecule has 142 valence electrons. The zero-order valence-electron chi connectivity index (χ0n) is 14.9. The van der Waals surface area contributed by atoms with Gasteiger partial charge in [0.05, 0.1) is 17.7 Å². The lowest BCUT2D eigenvalue weighted by molar-refractivity contribution is 0.177. The third-order valence-corrected chi connectivity index (χ3v) is 6.17. The first-order valence-electron chi connectivity index (χ1n) is 8.76. The second-order valence-electron chi connectivity index (χ2n) is 6.20. The third kappa shape index (κ3) is 5.32. The Labute approximate surface area is 178 Å². The summed E-state index contributed by atoms with van der Waals surface area (Å²) >= 11 is 19.8. The number of hydrogen-bond acceptors (Lipinski definition) is 4. The number of benzene rings is 1. The Balaban J connectivity index is 1.85. The van der Waals surface area contributed by atoms with Crippen molar-refractivity contribution in [2.45, 2.75) is 38.8 Å². The zero-order valence-corrected chi connectivity index (χ0v) is 18.0. The highest BCUT2D eigenvalue weighted by Crippen LogP contribution is 2.32. The molecule has 0 N–H and O–H groups in total. The number of imidazole rings is 1. The first-order valence-corrected chi connectivity index (χ1v) is 10.8. The van der Waals surface area contributed by atoms with Crippen LogP contribution in [0.5, 0.6) is 0 Å². The summed E-state index contributed by atoms with van der Waals surface area (Å²) in [7, 11) is 0. The molecule has 3 nitrogen and oxygen atoms in total. The molecule has 0 aliphatic heterocycles. The molecule has 3 rings (SSSR count). The van der Waals surface area contributed by atoms with Crippen molar-refractivity contribution >= 4 is 51.8 Å². The lowest BCUT2D eigenvalue weighted by Crippen LogP contribution is -2.16. The van der Waals surface area contributed by atoms with Gasteiger partial charge >= 0.3 is 0 Å².